The quantitative estimate of drug-likeness (QED) is 0.874. The molecule has 1 fully saturated rings. The fraction of sp³-hybridized carbons (Fsp3) is 0.300. The van der Waals surface area contributed by atoms with Crippen molar-refractivity contribution in [2.75, 3.05) is 33.2 Å². The van der Waals surface area contributed by atoms with Crippen LogP contribution in [0, 0.1) is 5.82 Å². The first kappa shape index (κ1) is 19.3. The summed E-state index contributed by atoms with van der Waals surface area (Å²) in [6, 6.07) is 12.1. The van der Waals surface area contributed by atoms with Crippen LogP contribution in [0.2, 0.25) is 5.02 Å². The fourth-order valence-corrected chi connectivity index (χ4v) is 3.31. The van der Waals surface area contributed by atoms with Crippen molar-refractivity contribution in [3.05, 3.63) is 70.5 Å². The summed E-state index contributed by atoms with van der Waals surface area (Å²) in [7, 11) is 2.00. The van der Waals surface area contributed by atoms with Crippen LogP contribution >= 0.6 is 11.6 Å². The van der Waals surface area contributed by atoms with Gasteiger partial charge in [-0.1, -0.05) is 48.0 Å². The molecule has 0 bridgehead atoms. The Balaban J connectivity index is 1.87. The van der Waals surface area contributed by atoms with Gasteiger partial charge < -0.3 is 15.1 Å². The van der Waals surface area contributed by atoms with E-state index in [2.05, 4.69) is 10.2 Å². The number of carbonyl (C=O) groups excluding carboxylic acids is 2. The van der Waals surface area contributed by atoms with Gasteiger partial charge in [-0.2, -0.15) is 0 Å². The van der Waals surface area contributed by atoms with Crippen LogP contribution in [-0.2, 0) is 4.79 Å². The molecule has 2 amide bonds. The van der Waals surface area contributed by atoms with Gasteiger partial charge in [-0.25, -0.2) is 4.39 Å². The lowest BCUT2D eigenvalue weighted by Gasteiger charge is -2.35. The Morgan fingerprint density at radius 1 is 1.04 bits per heavy atom. The number of nitrogens with one attached hydrogen (secondary N) is 1. The van der Waals surface area contributed by atoms with E-state index in [9.17, 15) is 14.0 Å². The Bertz CT molecular complexity index is 803. The van der Waals surface area contributed by atoms with Crippen LogP contribution in [0.1, 0.15) is 22.0 Å². The van der Waals surface area contributed by atoms with E-state index in [1.807, 2.05) is 13.1 Å². The van der Waals surface area contributed by atoms with Crippen LogP contribution in [-0.4, -0.2) is 54.8 Å². The predicted octanol–water partition coefficient (Wildman–Crippen LogP) is 2.72. The molecular weight excluding hydrogens is 369 g/mol. The molecule has 1 aliphatic rings. The van der Waals surface area contributed by atoms with Crippen LogP contribution in [0.5, 0.6) is 0 Å². The van der Waals surface area contributed by atoms with Crippen molar-refractivity contribution >= 4 is 23.4 Å². The normalized spacial score (nSPS) is 16.0. The zero-order valence-corrected chi connectivity index (χ0v) is 15.7. The van der Waals surface area contributed by atoms with Crippen LogP contribution in [0.3, 0.4) is 0 Å². The molecule has 2 aromatic rings. The van der Waals surface area contributed by atoms with Gasteiger partial charge in [0.05, 0.1) is 10.6 Å². The number of halogens is 2. The molecular formula is C20H21ClFN3O2. The van der Waals surface area contributed by atoms with E-state index in [1.54, 1.807) is 29.2 Å². The van der Waals surface area contributed by atoms with E-state index in [0.29, 0.717) is 18.7 Å². The maximum atomic E-state index is 14.1. The van der Waals surface area contributed by atoms with Gasteiger partial charge in [0, 0.05) is 26.2 Å². The zero-order chi connectivity index (χ0) is 19.4. The van der Waals surface area contributed by atoms with Gasteiger partial charge in [0.25, 0.3) is 5.91 Å². The van der Waals surface area contributed by atoms with Crippen molar-refractivity contribution in [2.24, 2.45) is 0 Å². The third-order valence-electron chi connectivity index (χ3n) is 4.66. The summed E-state index contributed by atoms with van der Waals surface area (Å²) in [6.45, 7) is 2.69. The summed E-state index contributed by atoms with van der Waals surface area (Å²) < 4.78 is 14.1. The van der Waals surface area contributed by atoms with Crippen LogP contribution in [0.15, 0.2) is 48.5 Å². The van der Waals surface area contributed by atoms with E-state index in [0.717, 1.165) is 13.1 Å². The van der Waals surface area contributed by atoms with Crippen LogP contribution < -0.4 is 5.32 Å². The molecule has 0 saturated carbocycles. The molecule has 7 heteroatoms. The number of amides is 2. The highest BCUT2D eigenvalue weighted by molar-refractivity contribution is 6.33. The Hall–Kier alpha value is -2.44. The second kappa shape index (κ2) is 8.50. The molecule has 2 aromatic carbocycles. The molecule has 0 spiro atoms. The Labute approximate surface area is 162 Å². The van der Waals surface area contributed by atoms with Gasteiger partial charge >= 0.3 is 0 Å². The monoisotopic (exact) mass is 389 g/mol. The van der Waals surface area contributed by atoms with Crippen molar-refractivity contribution in [2.45, 2.75) is 6.04 Å². The lowest BCUT2D eigenvalue weighted by Crippen LogP contribution is -2.51. The van der Waals surface area contributed by atoms with E-state index < -0.39 is 17.8 Å². The first-order valence-corrected chi connectivity index (χ1v) is 9.12. The number of hydrogen-bond acceptors (Lipinski definition) is 3. The number of nitrogens with zero attached hydrogens (tertiary/aromatic N) is 2. The van der Waals surface area contributed by atoms with Crippen molar-refractivity contribution in [1.29, 1.82) is 0 Å². The number of rotatable bonds is 4. The minimum atomic E-state index is -0.905. The summed E-state index contributed by atoms with van der Waals surface area (Å²) in [4.78, 5) is 29.7. The molecule has 0 aliphatic carbocycles. The van der Waals surface area contributed by atoms with Gasteiger partial charge in [-0.15, -0.1) is 0 Å². The van der Waals surface area contributed by atoms with E-state index in [4.69, 9.17) is 11.6 Å². The molecule has 1 heterocycles. The number of likely N-dealkylation sites (N-methyl/N-ethyl adjacent to an activating group) is 1. The molecule has 3 rings (SSSR count). The molecule has 1 N–H and O–H groups in total. The number of carbonyl (C=O) groups is 2. The maximum absolute atomic E-state index is 14.1. The number of piperazine rings is 1. The highest BCUT2D eigenvalue weighted by Crippen LogP contribution is 2.22. The minimum absolute atomic E-state index is 0.00589. The Kier molecular flexibility index (Phi) is 6.08. The molecule has 0 aromatic heterocycles. The SMILES string of the molecule is CN1CCN(C(=O)[C@@H](NC(=O)c2c(F)cccc2Cl)c2ccccc2)CC1. The average Bonchev–Trinajstić information content (AvgIpc) is 2.67. The Morgan fingerprint density at radius 3 is 2.33 bits per heavy atom. The lowest BCUT2D eigenvalue weighted by molar-refractivity contribution is -0.135. The summed E-state index contributed by atoms with van der Waals surface area (Å²) >= 11 is 6.00. The summed E-state index contributed by atoms with van der Waals surface area (Å²) in [5.74, 6) is -1.65. The van der Waals surface area contributed by atoms with E-state index in [-0.39, 0.29) is 16.5 Å². The smallest absolute Gasteiger partial charge is 0.256 e. The third-order valence-corrected chi connectivity index (χ3v) is 4.98. The van der Waals surface area contributed by atoms with E-state index >= 15 is 0 Å². The Morgan fingerprint density at radius 2 is 1.70 bits per heavy atom. The summed E-state index contributed by atoms with van der Waals surface area (Å²) in [5, 5.41) is 2.68. The van der Waals surface area contributed by atoms with Gasteiger partial charge in [0.15, 0.2) is 0 Å². The topological polar surface area (TPSA) is 52.6 Å². The molecule has 1 atom stereocenters. The standard InChI is InChI=1S/C20H21ClFN3O2/c1-24-10-12-25(13-11-24)20(27)18(14-6-3-2-4-7-14)23-19(26)17-15(21)8-5-9-16(17)22/h2-9,18H,10-13H2,1H3,(H,23,26)/t18-/m0/s1. The maximum Gasteiger partial charge on any atom is 0.256 e. The highest BCUT2D eigenvalue weighted by Gasteiger charge is 2.30. The van der Waals surface area contributed by atoms with Gasteiger partial charge in [0.2, 0.25) is 5.91 Å². The van der Waals surface area contributed by atoms with Gasteiger partial charge in [-0.05, 0) is 24.7 Å². The van der Waals surface area contributed by atoms with Crippen LogP contribution in [0.25, 0.3) is 0 Å². The van der Waals surface area contributed by atoms with Crippen molar-refractivity contribution in [3.8, 4) is 0 Å². The first-order chi connectivity index (χ1) is 13.0. The molecule has 1 saturated heterocycles. The van der Waals surface area contributed by atoms with Crippen molar-refractivity contribution in [3.63, 3.8) is 0 Å². The summed E-state index contributed by atoms with van der Waals surface area (Å²) in [5.41, 5.74) is 0.383. The second-order valence-electron chi connectivity index (χ2n) is 6.54. The van der Waals surface area contributed by atoms with Gasteiger partial charge in [-0.3, -0.25) is 9.59 Å². The zero-order valence-electron chi connectivity index (χ0n) is 15.0. The lowest BCUT2D eigenvalue weighted by atomic mass is 10.0. The number of benzene rings is 2. The molecule has 0 unspecified atom stereocenters. The fourth-order valence-electron chi connectivity index (χ4n) is 3.06. The van der Waals surface area contributed by atoms with Gasteiger partial charge in [0.1, 0.15) is 11.9 Å². The molecule has 1 aliphatic heterocycles. The molecule has 5 nitrogen and oxygen atoms in total. The second-order valence-corrected chi connectivity index (χ2v) is 6.95. The predicted molar refractivity (Wildman–Crippen MR) is 102 cm³/mol. The highest BCUT2D eigenvalue weighted by atomic mass is 35.5. The minimum Gasteiger partial charge on any atom is -0.338 e. The number of hydrogen-bond donors (Lipinski definition) is 1. The van der Waals surface area contributed by atoms with E-state index in [1.165, 1.54) is 18.2 Å². The largest absolute Gasteiger partial charge is 0.338 e. The van der Waals surface area contributed by atoms with Crippen LogP contribution in [0.4, 0.5) is 4.39 Å². The molecule has 0 radical (unpaired) electrons. The summed E-state index contributed by atoms with van der Waals surface area (Å²) in [6.07, 6.45) is 0. The van der Waals surface area contributed by atoms with Crippen molar-refractivity contribution in [1.82, 2.24) is 15.1 Å². The molecule has 142 valence electrons. The average molecular weight is 390 g/mol. The molecule has 27 heavy (non-hydrogen) atoms. The third kappa shape index (κ3) is 4.46. The first-order valence-electron chi connectivity index (χ1n) is 8.74. The van der Waals surface area contributed by atoms with Crippen molar-refractivity contribution < 1.29 is 14.0 Å².